The number of nitrogens with one attached hydrogen (secondary N) is 1. The highest BCUT2D eigenvalue weighted by Crippen LogP contribution is 2.33. The molecule has 0 saturated heterocycles. The second kappa shape index (κ2) is 7.91. The smallest absolute Gasteiger partial charge is 0.324 e. The number of hydrogen-bond donors (Lipinski definition) is 1. The number of hydrogen-bond acceptors (Lipinski definition) is 6. The molecule has 0 aliphatic carbocycles. The Hall–Kier alpha value is -3.02. The number of amides is 1. The fourth-order valence-corrected chi connectivity index (χ4v) is 3.83. The molecule has 1 N–H and O–H groups in total. The molecule has 0 fully saturated rings. The van der Waals surface area contributed by atoms with Gasteiger partial charge in [0.15, 0.2) is 15.7 Å². The van der Waals surface area contributed by atoms with E-state index in [1.54, 1.807) is 13.8 Å². The third kappa shape index (κ3) is 4.38. The molecular weight excluding hydrogens is 435 g/mol. The highest BCUT2D eigenvalue weighted by Gasteiger charge is 2.33. The monoisotopic (exact) mass is 455 g/mol. The molecule has 0 bridgehead atoms. The number of aryl methyl sites for hydroxylation is 1. The SMILES string of the molecule is CCS(=O)(=O)c1ccc(NC(=O)C(C)C)nc1-c1nc2cc(C(F)(F)F)ncc2n1C. The highest BCUT2D eigenvalue weighted by molar-refractivity contribution is 7.91. The van der Waals surface area contributed by atoms with Gasteiger partial charge in [0, 0.05) is 13.0 Å². The number of sulfone groups is 1. The van der Waals surface area contributed by atoms with Crippen molar-refractivity contribution in [3.05, 3.63) is 30.1 Å². The number of halogens is 3. The van der Waals surface area contributed by atoms with E-state index in [1.807, 2.05) is 0 Å². The molecule has 0 aromatic carbocycles. The van der Waals surface area contributed by atoms with Crippen molar-refractivity contribution < 1.29 is 26.4 Å². The van der Waals surface area contributed by atoms with Gasteiger partial charge in [0.05, 0.1) is 27.9 Å². The first-order valence-electron chi connectivity index (χ1n) is 9.30. The van der Waals surface area contributed by atoms with Gasteiger partial charge in [-0.25, -0.2) is 23.4 Å². The van der Waals surface area contributed by atoms with Crippen LogP contribution in [0.25, 0.3) is 22.6 Å². The van der Waals surface area contributed by atoms with Gasteiger partial charge in [0.1, 0.15) is 17.2 Å². The Bertz CT molecular complexity index is 1270. The molecule has 8 nitrogen and oxygen atoms in total. The summed E-state index contributed by atoms with van der Waals surface area (Å²) in [7, 11) is -2.23. The average Bonchev–Trinajstić information content (AvgIpc) is 3.03. The maximum Gasteiger partial charge on any atom is 0.433 e. The zero-order valence-corrected chi connectivity index (χ0v) is 18.0. The van der Waals surface area contributed by atoms with Crippen molar-refractivity contribution in [2.75, 3.05) is 11.1 Å². The van der Waals surface area contributed by atoms with Crippen molar-refractivity contribution in [3.8, 4) is 11.5 Å². The van der Waals surface area contributed by atoms with Crippen LogP contribution in [0, 0.1) is 5.92 Å². The Morgan fingerprint density at radius 1 is 1.23 bits per heavy atom. The van der Waals surface area contributed by atoms with Crippen LogP contribution in [0.2, 0.25) is 0 Å². The quantitative estimate of drug-likeness (QED) is 0.632. The predicted molar refractivity (Wildman–Crippen MR) is 108 cm³/mol. The molecule has 0 aliphatic heterocycles. The molecule has 3 rings (SSSR count). The van der Waals surface area contributed by atoms with E-state index in [0.29, 0.717) is 0 Å². The van der Waals surface area contributed by atoms with Gasteiger partial charge >= 0.3 is 6.18 Å². The average molecular weight is 455 g/mol. The largest absolute Gasteiger partial charge is 0.433 e. The van der Waals surface area contributed by atoms with Crippen LogP contribution in [0.4, 0.5) is 19.0 Å². The summed E-state index contributed by atoms with van der Waals surface area (Å²) < 4.78 is 65.7. The second-order valence-corrected chi connectivity index (χ2v) is 9.39. The Kier molecular flexibility index (Phi) is 5.78. The summed E-state index contributed by atoms with van der Waals surface area (Å²) in [5.74, 6) is -0.752. The number of carbonyl (C=O) groups is 1. The summed E-state index contributed by atoms with van der Waals surface area (Å²) in [6, 6.07) is 3.45. The minimum absolute atomic E-state index is 0.0157. The number of carbonyl (C=O) groups excluding carboxylic acids is 1. The van der Waals surface area contributed by atoms with Crippen LogP contribution in [0.5, 0.6) is 0 Å². The Labute approximate surface area is 176 Å². The summed E-state index contributed by atoms with van der Waals surface area (Å²) in [5.41, 5.74) is -0.938. The fourth-order valence-electron chi connectivity index (χ4n) is 2.81. The van der Waals surface area contributed by atoms with Crippen LogP contribution in [-0.2, 0) is 27.9 Å². The minimum atomic E-state index is -4.65. The van der Waals surface area contributed by atoms with Gasteiger partial charge in [-0.1, -0.05) is 20.8 Å². The van der Waals surface area contributed by atoms with Crippen LogP contribution in [0.3, 0.4) is 0 Å². The van der Waals surface area contributed by atoms with E-state index in [9.17, 15) is 26.4 Å². The summed E-state index contributed by atoms with van der Waals surface area (Å²) in [5, 5.41) is 2.59. The van der Waals surface area contributed by atoms with Crippen molar-refractivity contribution in [3.63, 3.8) is 0 Å². The van der Waals surface area contributed by atoms with E-state index in [0.717, 1.165) is 12.3 Å². The number of pyridine rings is 2. The number of nitrogens with zero attached hydrogens (tertiary/aromatic N) is 4. The standard InChI is InChI=1S/C19H20F3N5O3S/c1-5-31(29,30)13-6-7-15(26-18(28)10(2)3)25-16(13)17-24-11-8-14(19(20,21)22)23-9-12(11)27(17)4/h6-10H,5H2,1-4H3,(H,25,26,28). The minimum Gasteiger partial charge on any atom is -0.324 e. The van der Waals surface area contributed by atoms with Crippen molar-refractivity contribution >= 4 is 32.6 Å². The van der Waals surface area contributed by atoms with Gasteiger partial charge < -0.3 is 9.88 Å². The molecule has 0 radical (unpaired) electrons. The first kappa shape index (κ1) is 22.7. The molecule has 3 aromatic rings. The van der Waals surface area contributed by atoms with Crippen molar-refractivity contribution in [2.45, 2.75) is 31.8 Å². The summed E-state index contributed by atoms with van der Waals surface area (Å²) in [4.78, 5) is 23.8. The van der Waals surface area contributed by atoms with Gasteiger partial charge in [0.25, 0.3) is 0 Å². The molecule has 0 spiro atoms. The molecule has 12 heteroatoms. The van der Waals surface area contributed by atoms with Crippen LogP contribution < -0.4 is 5.32 Å². The zero-order chi connectivity index (χ0) is 23.1. The lowest BCUT2D eigenvalue weighted by Gasteiger charge is -2.12. The summed E-state index contributed by atoms with van der Waals surface area (Å²) in [6.45, 7) is 4.83. The maximum atomic E-state index is 13.0. The number of anilines is 1. The van der Waals surface area contributed by atoms with Crippen molar-refractivity contribution in [1.29, 1.82) is 0 Å². The van der Waals surface area contributed by atoms with Gasteiger partial charge in [0.2, 0.25) is 5.91 Å². The van der Waals surface area contributed by atoms with E-state index in [1.165, 1.54) is 30.7 Å². The number of fused-ring (bicyclic) bond motifs is 1. The van der Waals surface area contributed by atoms with Crippen LogP contribution in [0.15, 0.2) is 29.3 Å². The van der Waals surface area contributed by atoms with Gasteiger partial charge in [-0.15, -0.1) is 0 Å². The van der Waals surface area contributed by atoms with Gasteiger partial charge in [-0.3, -0.25) is 4.79 Å². The summed E-state index contributed by atoms with van der Waals surface area (Å²) >= 11 is 0. The molecule has 0 atom stereocenters. The molecule has 0 unspecified atom stereocenters. The first-order chi connectivity index (χ1) is 14.3. The highest BCUT2D eigenvalue weighted by atomic mass is 32.2. The topological polar surface area (TPSA) is 107 Å². The van der Waals surface area contributed by atoms with Crippen molar-refractivity contribution in [2.24, 2.45) is 13.0 Å². The van der Waals surface area contributed by atoms with E-state index in [4.69, 9.17) is 0 Å². The Morgan fingerprint density at radius 2 is 1.90 bits per heavy atom. The molecule has 0 aliphatic rings. The molecule has 0 saturated carbocycles. The zero-order valence-electron chi connectivity index (χ0n) is 17.1. The third-order valence-electron chi connectivity index (χ3n) is 4.62. The van der Waals surface area contributed by atoms with Gasteiger partial charge in [-0.05, 0) is 18.2 Å². The first-order valence-corrected chi connectivity index (χ1v) is 10.9. The molecular formula is C19H20F3N5O3S. The third-order valence-corrected chi connectivity index (χ3v) is 6.38. The van der Waals surface area contributed by atoms with Crippen LogP contribution in [-0.4, -0.2) is 39.6 Å². The molecule has 3 heterocycles. The van der Waals surface area contributed by atoms with Crippen molar-refractivity contribution in [1.82, 2.24) is 19.5 Å². The molecule has 1 amide bonds. The molecule has 166 valence electrons. The summed E-state index contributed by atoms with van der Waals surface area (Å²) in [6.07, 6.45) is -3.63. The van der Waals surface area contributed by atoms with Gasteiger partial charge in [-0.2, -0.15) is 13.2 Å². The van der Waals surface area contributed by atoms with Crippen LogP contribution in [0.1, 0.15) is 26.5 Å². The van der Waals surface area contributed by atoms with E-state index in [-0.39, 0.29) is 50.8 Å². The fraction of sp³-hybridized carbons (Fsp3) is 0.368. The normalized spacial score (nSPS) is 12.5. The van der Waals surface area contributed by atoms with E-state index >= 15 is 0 Å². The number of alkyl halides is 3. The second-order valence-electron chi connectivity index (χ2n) is 7.14. The lowest BCUT2D eigenvalue weighted by molar-refractivity contribution is -0.141. The molecule has 3 aromatic heterocycles. The number of rotatable bonds is 5. The van der Waals surface area contributed by atoms with E-state index < -0.39 is 21.7 Å². The Balaban J connectivity index is 2.24. The number of aromatic nitrogens is 4. The molecule has 31 heavy (non-hydrogen) atoms. The Morgan fingerprint density at radius 3 is 2.48 bits per heavy atom. The lowest BCUT2D eigenvalue weighted by atomic mass is 10.2. The van der Waals surface area contributed by atoms with Crippen LogP contribution >= 0.6 is 0 Å². The van der Waals surface area contributed by atoms with E-state index in [2.05, 4.69) is 20.3 Å². The number of imidazole rings is 1. The predicted octanol–water partition coefficient (Wildman–Crippen LogP) is 3.44. The lowest BCUT2D eigenvalue weighted by Crippen LogP contribution is -2.19. The maximum absolute atomic E-state index is 13.0.